The van der Waals surface area contributed by atoms with E-state index in [0.29, 0.717) is 10.7 Å². The number of hydrogen-bond acceptors (Lipinski definition) is 4. The minimum absolute atomic E-state index is 0.173. The molecule has 100 valence electrons. The molecule has 2 N–H and O–H groups in total. The molecule has 20 heavy (non-hydrogen) atoms. The quantitative estimate of drug-likeness (QED) is 0.725. The Hall–Kier alpha value is -2.40. The SMILES string of the molecule is Cc1cccc(C(=O)NNc2nc3ccccc3s2)c1. The van der Waals surface area contributed by atoms with Crippen LogP contribution in [0.5, 0.6) is 0 Å². The smallest absolute Gasteiger partial charge is 0.269 e. The summed E-state index contributed by atoms with van der Waals surface area (Å²) in [6.45, 7) is 1.96. The molecular weight excluding hydrogens is 270 g/mol. The van der Waals surface area contributed by atoms with Crippen LogP contribution in [0.3, 0.4) is 0 Å². The summed E-state index contributed by atoms with van der Waals surface area (Å²) in [4.78, 5) is 16.4. The number of nitrogens with zero attached hydrogens (tertiary/aromatic N) is 1. The Labute approximate surface area is 120 Å². The molecule has 0 spiro atoms. The van der Waals surface area contributed by atoms with Crippen LogP contribution in [-0.4, -0.2) is 10.9 Å². The first-order valence-electron chi connectivity index (χ1n) is 6.21. The van der Waals surface area contributed by atoms with Crippen LogP contribution in [0.4, 0.5) is 5.13 Å². The largest absolute Gasteiger partial charge is 0.273 e. The van der Waals surface area contributed by atoms with E-state index < -0.39 is 0 Å². The molecule has 0 atom stereocenters. The second-order valence-electron chi connectivity index (χ2n) is 4.44. The molecule has 0 radical (unpaired) electrons. The lowest BCUT2D eigenvalue weighted by atomic mass is 10.1. The van der Waals surface area contributed by atoms with Crippen molar-refractivity contribution in [3.63, 3.8) is 0 Å². The van der Waals surface area contributed by atoms with Crippen LogP contribution >= 0.6 is 11.3 Å². The van der Waals surface area contributed by atoms with Gasteiger partial charge in [-0.15, -0.1) is 0 Å². The summed E-state index contributed by atoms with van der Waals surface area (Å²) in [5, 5.41) is 0.673. The Morgan fingerprint density at radius 1 is 1.15 bits per heavy atom. The van der Waals surface area contributed by atoms with Gasteiger partial charge in [0.15, 0.2) is 0 Å². The van der Waals surface area contributed by atoms with Gasteiger partial charge in [0.25, 0.3) is 5.91 Å². The lowest BCUT2D eigenvalue weighted by Crippen LogP contribution is -2.29. The Morgan fingerprint density at radius 2 is 2.00 bits per heavy atom. The molecule has 3 aromatic rings. The van der Waals surface area contributed by atoms with Crippen molar-refractivity contribution in [3.8, 4) is 0 Å². The van der Waals surface area contributed by atoms with Gasteiger partial charge < -0.3 is 0 Å². The molecule has 0 aliphatic carbocycles. The fourth-order valence-corrected chi connectivity index (χ4v) is 2.71. The number of hydrogen-bond donors (Lipinski definition) is 2. The number of hydrazine groups is 1. The molecule has 0 saturated carbocycles. The Morgan fingerprint density at radius 3 is 2.80 bits per heavy atom. The number of rotatable bonds is 3. The number of amides is 1. The summed E-state index contributed by atoms with van der Waals surface area (Å²) < 4.78 is 1.08. The molecule has 0 unspecified atom stereocenters. The minimum Gasteiger partial charge on any atom is -0.273 e. The fraction of sp³-hybridized carbons (Fsp3) is 0.0667. The average molecular weight is 283 g/mol. The van der Waals surface area contributed by atoms with E-state index in [9.17, 15) is 4.79 Å². The molecule has 1 heterocycles. The molecule has 4 nitrogen and oxygen atoms in total. The van der Waals surface area contributed by atoms with Crippen molar-refractivity contribution < 1.29 is 4.79 Å². The van der Waals surface area contributed by atoms with E-state index in [-0.39, 0.29) is 5.91 Å². The number of anilines is 1. The Balaban J connectivity index is 1.71. The maximum absolute atomic E-state index is 12.0. The van der Waals surface area contributed by atoms with Crippen molar-refractivity contribution in [2.45, 2.75) is 6.92 Å². The number of nitrogens with one attached hydrogen (secondary N) is 2. The summed E-state index contributed by atoms with van der Waals surface area (Å²) in [6, 6.07) is 15.3. The van der Waals surface area contributed by atoms with Gasteiger partial charge in [-0.25, -0.2) is 4.98 Å². The van der Waals surface area contributed by atoms with E-state index in [2.05, 4.69) is 15.8 Å². The maximum atomic E-state index is 12.0. The van der Waals surface area contributed by atoms with Crippen LogP contribution in [0.25, 0.3) is 10.2 Å². The van der Waals surface area contributed by atoms with Crippen molar-refractivity contribution in [1.82, 2.24) is 10.4 Å². The van der Waals surface area contributed by atoms with Gasteiger partial charge in [-0.05, 0) is 31.2 Å². The van der Waals surface area contributed by atoms with E-state index in [1.54, 1.807) is 6.07 Å². The highest BCUT2D eigenvalue weighted by Gasteiger charge is 2.07. The first-order valence-corrected chi connectivity index (χ1v) is 7.02. The molecule has 1 amide bonds. The minimum atomic E-state index is -0.173. The third-order valence-electron chi connectivity index (χ3n) is 2.86. The lowest BCUT2D eigenvalue weighted by Gasteiger charge is -2.05. The maximum Gasteiger partial charge on any atom is 0.269 e. The molecule has 0 bridgehead atoms. The van der Waals surface area contributed by atoms with Crippen LogP contribution in [0, 0.1) is 6.92 Å². The Kier molecular flexibility index (Phi) is 3.35. The number of para-hydroxylation sites is 1. The molecule has 0 aliphatic rings. The van der Waals surface area contributed by atoms with Crippen molar-refractivity contribution in [1.29, 1.82) is 0 Å². The monoisotopic (exact) mass is 283 g/mol. The zero-order chi connectivity index (χ0) is 13.9. The summed E-state index contributed by atoms with van der Waals surface area (Å²) in [6.07, 6.45) is 0. The fourth-order valence-electron chi connectivity index (χ4n) is 1.89. The zero-order valence-electron chi connectivity index (χ0n) is 10.9. The van der Waals surface area contributed by atoms with Gasteiger partial charge >= 0.3 is 0 Å². The molecule has 3 rings (SSSR count). The van der Waals surface area contributed by atoms with E-state index in [4.69, 9.17) is 0 Å². The van der Waals surface area contributed by atoms with Gasteiger partial charge in [0, 0.05) is 5.56 Å². The van der Waals surface area contributed by atoms with Crippen molar-refractivity contribution in [2.75, 3.05) is 5.43 Å². The van der Waals surface area contributed by atoms with Gasteiger partial charge in [-0.2, -0.15) is 0 Å². The molecular formula is C15H13N3OS. The third kappa shape index (κ3) is 2.62. The number of fused-ring (bicyclic) bond motifs is 1. The number of benzene rings is 2. The number of carbonyl (C=O) groups is 1. The summed E-state index contributed by atoms with van der Waals surface area (Å²) in [5.74, 6) is -0.173. The summed E-state index contributed by atoms with van der Waals surface area (Å²) in [5.41, 5.74) is 8.12. The number of carbonyl (C=O) groups excluding carboxylic acids is 1. The molecule has 0 saturated heterocycles. The van der Waals surface area contributed by atoms with Crippen molar-refractivity contribution >= 4 is 32.6 Å². The van der Waals surface area contributed by atoms with E-state index in [0.717, 1.165) is 15.8 Å². The zero-order valence-corrected chi connectivity index (χ0v) is 11.7. The van der Waals surface area contributed by atoms with Gasteiger partial charge in [0.1, 0.15) is 0 Å². The predicted molar refractivity (Wildman–Crippen MR) is 81.9 cm³/mol. The topological polar surface area (TPSA) is 54.0 Å². The number of aromatic nitrogens is 1. The van der Waals surface area contributed by atoms with E-state index in [1.807, 2.05) is 49.4 Å². The van der Waals surface area contributed by atoms with Crippen LogP contribution in [0.15, 0.2) is 48.5 Å². The van der Waals surface area contributed by atoms with Gasteiger partial charge in [0.05, 0.1) is 10.2 Å². The van der Waals surface area contributed by atoms with Crippen LogP contribution < -0.4 is 10.9 Å². The number of thiazole rings is 1. The number of aryl methyl sites for hydroxylation is 1. The molecule has 2 aromatic carbocycles. The third-order valence-corrected chi connectivity index (χ3v) is 3.81. The second-order valence-corrected chi connectivity index (χ2v) is 5.47. The summed E-state index contributed by atoms with van der Waals surface area (Å²) >= 11 is 1.50. The molecule has 0 fully saturated rings. The standard InChI is InChI=1S/C15H13N3OS/c1-10-5-4-6-11(9-10)14(19)17-18-15-16-12-7-2-3-8-13(12)20-15/h2-9H,1H3,(H,16,18)(H,17,19). The highest BCUT2D eigenvalue weighted by atomic mass is 32.1. The van der Waals surface area contributed by atoms with Gasteiger partial charge in [0.2, 0.25) is 5.13 Å². The normalized spacial score (nSPS) is 10.4. The molecule has 0 aliphatic heterocycles. The highest BCUT2D eigenvalue weighted by Crippen LogP contribution is 2.24. The van der Waals surface area contributed by atoms with Crippen molar-refractivity contribution in [3.05, 3.63) is 59.7 Å². The average Bonchev–Trinajstić information content (AvgIpc) is 2.87. The van der Waals surface area contributed by atoms with E-state index >= 15 is 0 Å². The Bertz CT molecular complexity index is 733. The van der Waals surface area contributed by atoms with Gasteiger partial charge in [-0.3, -0.25) is 15.6 Å². The van der Waals surface area contributed by atoms with Crippen LogP contribution in [-0.2, 0) is 0 Å². The van der Waals surface area contributed by atoms with Crippen LogP contribution in [0.1, 0.15) is 15.9 Å². The highest BCUT2D eigenvalue weighted by molar-refractivity contribution is 7.22. The summed E-state index contributed by atoms with van der Waals surface area (Å²) in [7, 11) is 0. The first kappa shape index (κ1) is 12.6. The lowest BCUT2D eigenvalue weighted by molar-refractivity contribution is 0.0962. The van der Waals surface area contributed by atoms with Gasteiger partial charge in [-0.1, -0.05) is 41.2 Å². The van der Waals surface area contributed by atoms with E-state index in [1.165, 1.54) is 11.3 Å². The first-order chi connectivity index (χ1) is 9.72. The van der Waals surface area contributed by atoms with Crippen LogP contribution in [0.2, 0.25) is 0 Å². The molecule has 1 aromatic heterocycles. The predicted octanol–water partition coefficient (Wildman–Crippen LogP) is 3.36. The molecule has 5 heteroatoms. The second kappa shape index (κ2) is 5.30. The van der Waals surface area contributed by atoms with Crippen molar-refractivity contribution in [2.24, 2.45) is 0 Å².